The lowest BCUT2D eigenvalue weighted by Gasteiger charge is -2.40. The molecule has 6 atom stereocenters. The minimum atomic E-state index is -4.61. The Labute approximate surface area is 375 Å². The van der Waals surface area contributed by atoms with Crippen molar-refractivity contribution in [1.82, 2.24) is 0 Å². The highest BCUT2D eigenvalue weighted by Crippen LogP contribution is 2.24. The zero-order valence-electron chi connectivity index (χ0n) is 38.2. The fraction of sp³-hybridized carbons (Fsp3) is 0.755. The molecule has 0 bridgehead atoms. The molecule has 62 heavy (non-hydrogen) atoms. The Morgan fingerprint density at radius 2 is 1.00 bits per heavy atom. The summed E-state index contributed by atoms with van der Waals surface area (Å²) in [5.74, 6) is -2.03. The number of carbonyl (C=O) groups is 2. The van der Waals surface area contributed by atoms with Crippen LogP contribution in [0.5, 0.6) is 0 Å². The smallest absolute Gasteiger partial charge is 0.306 e. The van der Waals surface area contributed by atoms with Gasteiger partial charge in [0.15, 0.2) is 12.4 Å². The third kappa shape index (κ3) is 32.9. The SMILES string of the molecule is CCC/C=C/C/C=C/C/C=C/C/C=C/CCCCCC(=O)O[C@H](COC(=O)CCCCCCCCC/C=C/CCCCCCCC)CO[C@H]1O[C@H](CS(=O)(=O)O)[C@@H](O)C(O)C1O. The number of esters is 2. The van der Waals surface area contributed by atoms with E-state index < -0.39 is 71.2 Å². The van der Waals surface area contributed by atoms with Gasteiger partial charge in [0.1, 0.15) is 36.8 Å². The molecule has 1 aliphatic heterocycles. The summed E-state index contributed by atoms with van der Waals surface area (Å²) in [5.41, 5.74) is 0. The van der Waals surface area contributed by atoms with Crippen LogP contribution in [0.3, 0.4) is 0 Å². The maximum Gasteiger partial charge on any atom is 0.306 e. The average molecular weight is 897 g/mol. The van der Waals surface area contributed by atoms with Crippen molar-refractivity contribution < 1.29 is 56.8 Å². The number of aliphatic hydroxyl groups is 3. The molecule has 1 saturated heterocycles. The fourth-order valence-corrected chi connectivity index (χ4v) is 7.53. The van der Waals surface area contributed by atoms with Gasteiger partial charge in [0.2, 0.25) is 0 Å². The van der Waals surface area contributed by atoms with Crippen LogP contribution in [-0.4, -0.2) is 96.0 Å². The zero-order chi connectivity index (χ0) is 45.5. The van der Waals surface area contributed by atoms with Crippen molar-refractivity contribution in [2.24, 2.45) is 0 Å². The lowest BCUT2D eigenvalue weighted by atomic mass is 10.00. The predicted octanol–water partition coefficient (Wildman–Crippen LogP) is 10.1. The van der Waals surface area contributed by atoms with Gasteiger partial charge in [-0.1, -0.05) is 152 Å². The van der Waals surface area contributed by atoms with E-state index in [0.717, 1.165) is 70.6 Å². The molecular formula is C49H84O12S. The lowest BCUT2D eigenvalue weighted by Crippen LogP contribution is -2.60. The van der Waals surface area contributed by atoms with Gasteiger partial charge in [-0.2, -0.15) is 8.42 Å². The van der Waals surface area contributed by atoms with Gasteiger partial charge in [0, 0.05) is 12.8 Å². The van der Waals surface area contributed by atoms with E-state index >= 15 is 0 Å². The van der Waals surface area contributed by atoms with E-state index in [1.165, 1.54) is 70.6 Å². The van der Waals surface area contributed by atoms with Crippen molar-refractivity contribution in [3.8, 4) is 0 Å². The van der Waals surface area contributed by atoms with Crippen LogP contribution >= 0.6 is 0 Å². The van der Waals surface area contributed by atoms with Crippen molar-refractivity contribution in [3.63, 3.8) is 0 Å². The molecule has 1 rings (SSSR count). The first-order chi connectivity index (χ1) is 30.0. The van der Waals surface area contributed by atoms with Crippen LogP contribution in [0.15, 0.2) is 60.8 Å². The number of ether oxygens (including phenoxy) is 4. The number of hydrogen-bond acceptors (Lipinski definition) is 11. The third-order valence-corrected chi connectivity index (χ3v) is 11.3. The standard InChI is InChI=1S/C49H84O12S/c1-3-5-7-9-11-13-15-17-19-21-23-25-27-29-31-33-35-37-44(50)58-39-42(40-59-49-48(54)47(53)46(52)43(61-49)41-62(55,56)57)60-45(51)38-36-34-32-30-28-26-24-22-20-18-16-14-12-10-8-6-4-2/h8,10,14,16-17,19-20,22,26,28,42-43,46-49,52-54H,3-7,9,11-13,15,18,21,23-25,27,29-41H2,1-2H3,(H,55,56,57)/b10-8+,16-14+,19-17+,22-20+,28-26+/t42-,43-,46-,47?,48?,49+/m1/s1. The van der Waals surface area contributed by atoms with Crippen molar-refractivity contribution in [3.05, 3.63) is 60.8 Å². The average Bonchev–Trinajstić information content (AvgIpc) is 3.24. The molecule has 1 fully saturated rings. The number of hydrogen-bond donors (Lipinski definition) is 4. The largest absolute Gasteiger partial charge is 0.462 e. The van der Waals surface area contributed by atoms with Gasteiger partial charge in [-0.05, 0) is 77.0 Å². The van der Waals surface area contributed by atoms with Crippen LogP contribution in [0.2, 0.25) is 0 Å². The number of allylic oxidation sites excluding steroid dienone is 10. The molecule has 0 amide bonds. The molecule has 0 radical (unpaired) electrons. The van der Waals surface area contributed by atoms with Crippen molar-refractivity contribution in [1.29, 1.82) is 0 Å². The number of unbranched alkanes of at least 4 members (excludes halogenated alkanes) is 17. The minimum Gasteiger partial charge on any atom is -0.462 e. The highest BCUT2D eigenvalue weighted by atomic mass is 32.2. The molecule has 1 heterocycles. The molecule has 2 unspecified atom stereocenters. The zero-order valence-corrected chi connectivity index (χ0v) is 39.0. The molecule has 12 nitrogen and oxygen atoms in total. The molecule has 0 spiro atoms. The van der Waals surface area contributed by atoms with Crippen LogP contribution in [-0.2, 0) is 38.7 Å². The topological polar surface area (TPSA) is 186 Å². The molecule has 0 aromatic carbocycles. The van der Waals surface area contributed by atoms with Crippen LogP contribution in [0.1, 0.15) is 181 Å². The predicted molar refractivity (Wildman–Crippen MR) is 247 cm³/mol. The van der Waals surface area contributed by atoms with E-state index in [-0.39, 0.29) is 19.4 Å². The van der Waals surface area contributed by atoms with Crippen molar-refractivity contribution in [2.75, 3.05) is 19.0 Å². The summed E-state index contributed by atoms with van der Waals surface area (Å²) in [5, 5.41) is 30.9. The van der Waals surface area contributed by atoms with Gasteiger partial charge < -0.3 is 34.3 Å². The molecule has 1 aliphatic rings. The van der Waals surface area contributed by atoms with Crippen molar-refractivity contribution in [2.45, 2.75) is 218 Å². The summed E-state index contributed by atoms with van der Waals surface area (Å²) in [6.45, 7) is 3.66. The van der Waals surface area contributed by atoms with E-state index in [1.807, 2.05) is 0 Å². The Morgan fingerprint density at radius 1 is 0.548 bits per heavy atom. The first kappa shape index (κ1) is 57.4. The first-order valence-electron chi connectivity index (χ1n) is 23.8. The third-order valence-electron chi connectivity index (χ3n) is 10.6. The van der Waals surface area contributed by atoms with Gasteiger partial charge in [0.05, 0.1) is 6.61 Å². The molecule has 13 heteroatoms. The molecule has 0 saturated carbocycles. The van der Waals surface area contributed by atoms with E-state index in [9.17, 15) is 37.9 Å². The number of carbonyl (C=O) groups excluding carboxylic acids is 2. The highest BCUT2D eigenvalue weighted by molar-refractivity contribution is 7.85. The van der Waals surface area contributed by atoms with Gasteiger partial charge in [-0.15, -0.1) is 0 Å². The van der Waals surface area contributed by atoms with E-state index in [1.54, 1.807) is 0 Å². The Bertz CT molecular complexity index is 1370. The normalized spacial score (nSPS) is 20.4. The van der Waals surface area contributed by atoms with Gasteiger partial charge in [0.25, 0.3) is 10.1 Å². The lowest BCUT2D eigenvalue weighted by molar-refractivity contribution is -0.297. The number of rotatable bonds is 39. The van der Waals surface area contributed by atoms with Crippen LogP contribution < -0.4 is 0 Å². The summed E-state index contributed by atoms with van der Waals surface area (Å²) < 4.78 is 54.1. The van der Waals surface area contributed by atoms with Crippen LogP contribution in [0, 0.1) is 0 Å². The van der Waals surface area contributed by atoms with E-state index in [2.05, 4.69) is 74.6 Å². The Hall–Kier alpha value is -2.65. The second-order valence-corrected chi connectivity index (χ2v) is 17.9. The Kier molecular flexibility index (Phi) is 35.9. The van der Waals surface area contributed by atoms with Crippen LogP contribution in [0.25, 0.3) is 0 Å². The van der Waals surface area contributed by atoms with Gasteiger partial charge >= 0.3 is 11.9 Å². The summed E-state index contributed by atoms with van der Waals surface area (Å²) >= 11 is 0. The van der Waals surface area contributed by atoms with Crippen molar-refractivity contribution >= 4 is 22.1 Å². The first-order valence-corrected chi connectivity index (χ1v) is 25.5. The van der Waals surface area contributed by atoms with Crippen LogP contribution in [0.4, 0.5) is 0 Å². The van der Waals surface area contributed by atoms with Gasteiger partial charge in [-0.3, -0.25) is 14.1 Å². The molecular weight excluding hydrogens is 813 g/mol. The summed E-state index contributed by atoms with van der Waals surface area (Å²) in [6.07, 6.45) is 38.3. The number of aliphatic hydroxyl groups excluding tert-OH is 3. The highest BCUT2D eigenvalue weighted by Gasteiger charge is 2.46. The quantitative estimate of drug-likeness (QED) is 0.0198. The molecule has 4 N–H and O–H groups in total. The molecule has 358 valence electrons. The van der Waals surface area contributed by atoms with E-state index in [0.29, 0.717) is 12.8 Å². The maximum atomic E-state index is 12.8. The maximum absolute atomic E-state index is 12.8. The monoisotopic (exact) mass is 897 g/mol. The molecule has 0 aromatic heterocycles. The fourth-order valence-electron chi connectivity index (χ4n) is 6.84. The Morgan fingerprint density at radius 3 is 1.53 bits per heavy atom. The summed E-state index contributed by atoms with van der Waals surface area (Å²) in [7, 11) is -4.61. The molecule has 0 aromatic rings. The molecule has 0 aliphatic carbocycles. The van der Waals surface area contributed by atoms with Gasteiger partial charge in [-0.25, -0.2) is 0 Å². The second kappa shape index (κ2) is 38.8. The second-order valence-electron chi connectivity index (χ2n) is 16.4. The summed E-state index contributed by atoms with van der Waals surface area (Å²) in [4.78, 5) is 25.4. The van der Waals surface area contributed by atoms with E-state index in [4.69, 9.17) is 18.9 Å². The minimum absolute atomic E-state index is 0.124. The summed E-state index contributed by atoms with van der Waals surface area (Å²) in [6, 6.07) is 0. The Balaban J connectivity index is 2.45.